The average molecular weight is 412 g/mol. The molecule has 0 aliphatic heterocycles. The minimum atomic E-state index is -0.635. The van der Waals surface area contributed by atoms with E-state index < -0.39 is 18.5 Å². The van der Waals surface area contributed by atoms with Crippen molar-refractivity contribution >= 4 is 22.8 Å². The van der Waals surface area contributed by atoms with Crippen molar-refractivity contribution < 1.29 is 14.3 Å². The summed E-state index contributed by atoms with van der Waals surface area (Å²) in [5.74, 6) is -1.08. The highest BCUT2D eigenvalue weighted by Crippen LogP contribution is 2.25. The minimum absolute atomic E-state index is 0.139. The zero-order chi connectivity index (χ0) is 22.1. The Morgan fingerprint density at radius 2 is 1.58 bits per heavy atom. The maximum absolute atomic E-state index is 12.9. The lowest BCUT2D eigenvalue weighted by Crippen LogP contribution is -2.36. The number of nitrogens with zero attached hydrogens (tertiary/aromatic N) is 4. The molecule has 3 aromatic rings. The largest absolute Gasteiger partial charge is 0.452 e. The summed E-state index contributed by atoms with van der Waals surface area (Å²) < 4.78 is 5.31. The third-order valence-electron chi connectivity index (χ3n) is 4.67. The van der Waals surface area contributed by atoms with Gasteiger partial charge in [-0.15, -0.1) is 0 Å². The quantitative estimate of drug-likeness (QED) is 0.522. The predicted octanol–water partition coefficient (Wildman–Crippen LogP) is 3.71. The molecule has 31 heavy (non-hydrogen) atoms. The minimum Gasteiger partial charge on any atom is -0.452 e. The number of fused-ring (bicyclic) bond motifs is 1. The highest BCUT2D eigenvalue weighted by atomic mass is 16.5. The van der Waals surface area contributed by atoms with Crippen molar-refractivity contribution in [1.29, 1.82) is 10.5 Å². The Kier molecular flexibility index (Phi) is 7.29. The predicted molar refractivity (Wildman–Crippen MR) is 115 cm³/mol. The first kappa shape index (κ1) is 21.5. The number of ether oxygens (including phenoxy) is 1. The Hall–Kier alpha value is -4.23. The van der Waals surface area contributed by atoms with Gasteiger partial charge in [-0.1, -0.05) is 48.5 Å². The van der Waals surface area contributed by atoms with Crippen LogP contribution in [0.5, 0.6) is 0 Å². The van der Waals surface area contributed by atoms with Gasteiger partial charge in [-0.25, -0.2) is 9.78 Å². The van der Waals surface area contributed by atoms with Gasteiger partial charge in [0.05, 0.1) is 41.8 Å². The van der Waals surface area contributed by atoms with Crippen LogP contribution < -0.4 is 0 Å². The van der Waals surface area contributed by atoms with E-state index in [-0.39, 0.29) is 25.9 Å². The molecule has 7 heteroatoms. The molecule has 0 spiro atoms. The Morgan fingerprint density at radius 3 is 2.26 bits per heavy atom. The van der Waals surface area contributed by atoms with E-state index in [2.05, 4.69) is 4.98 Å². The Morgan fingerprint density at radius 1 is 0.935 bits per heavy atom. The number of rotatable bonds is 8. The van der Waals surface area contributed by atoms with Gasteiger partial charge < -0.3 is 9.64 Å². The first-order valence-corrected chi connectivity index (χ1v) is 9.78. The van der Waals surface area contributed by atoms with Crippen molar-refractivity contribution in [2.45, 2.75) is 12.8 Å². The summed E-state index contributed by atoms with van der Waals surface area (Å²) in [7, 11) is 0. The van der Waals surface area contributed by atoms with Crippen LogP contribution in [0.2, 0.25) is 0 Å². The van der Waals surface area contributed by atoms with Crippen molar-refractivity contribution in [2.24, 2.45) is 0 Å². The standard InChI is InChI=1S/C24H20N4O3/c25-12-6-14-28(15-7-13-26)23(29)17-31-24(30)20-16-22(18-8-2-1-3-9-18)27-21-11-5-4-10-19(20)21/h1-5,8-11,16H,6-7,14-15,17H2. The first-order valence-electron chi connectivity index (χ1n) is 9.78. The van der Waals surface area contributed by atoms with Crippen LogP contribution in [0.4, 0.5) is 0 Å². The highest BCUT2D eigenvalue weighted by molar-refractivity contribution is 6.05. The smallest absolute Gasteiger partial charge is 0.339 e. The molecule has 0 saturated heterocycles. The summed E-state index contributed by atoms with van der Waals surface area (Å²) in [6.45, 7) is -0.0944. The summed E-state index contributed by atoms with van der Waals surface area (Å²) in [5.41, 5.74) is 2.45. The molecule has 7 nitrogen and oxygen atoms in total. The van der Waals surface area contributed by atoms with Gasteiger partial charge in [0.2, 0.25) is 0 Å². The molecule has 0 unspecified atom stereocenters. The molecule has 2 aromatic carbocycles. The maximum atomic E-state index is 12.9. The molecular formula is C24H20N4O3. The summed E-state index contributed by atoms with van der Waals surface area (Å²) in [5, 5.41) is 18.2. The molecule has 1 heterocycles. The molecule has 0 aliphatic carbocycles. The molecule has 3 rings (SSSR count). The Bertz CT molecular complexity index is 1140. The van der Waals surface area contributed by atoms with Crippen molar-refractivity contribution in [2.75, 3.05) is 19.7 Å². The SMILES string of the molecule is N#CCCN(CCC#N)C(=O)COC(=O)c1cc(-c2ccccc2)nc2ccccc12. The molecule has 0 radical (unpaired) electrons. The third kappa shape index (κ3) is 5.43. The molecular weight excluding hydrogens is 392 g/mol. The van der Waals surface area contributed by atoms with Gasteiger partial charge in [-0.05, 0) is 12.1 Å². The van der Waals surface area contributed by atoms with Gasteiger partial charge in [0.15, 0.2) is 6.61 Å². The Balaban J connectivity index is 1.82. The van der Waals surface area contributed by atoms with Gasteiger partial charge in [0.1, 0.15) is 0 Å². The van der Waals surface area contributed by atoms with Crippen LogP contribution >= 0.6 is 0 Å². The summed E-state index contributed by atoms with van der Waals surface area (Å²) in [4.78, 5) is 31.3. The molecule has 0 aliphatic rings. The number of carbonyl (C=O) groups is 2. The Labute approximate surface area is 180 Å². The topological polar surface area (TPSA) is 107 Å². The normalized spacial score (nSPS) is 10.1. The van der Waals surface area contributed by atoms with Crippen LogP contribution in [0.15, 0.2) is 60.7 Å². The molecule has 154 valence electrons. The van der Waals surface area contributed by atoms with Crippen LogP contribution in [0, 0.1) is 22.7 Å². The van der Waals surface area contributed by atoms with Crippen LogP contribution in [-0.2, 0) is 9.53 Å². The van der Waals surface area contributed by atoms with E-state index in [0.29, 0.717) is 22.2 Å². The van der Waals surface area contributed by atoms with E-state index in [9.17, 15) is 9.59 Å². The summed E-state index contributed by atoms with van der Waals surface area (Å²) in [6, 6.07) is 22.3. The summed E-state index contributed by atoms with van der Waals surface area (Å²) in [6.07, 6.45) is 0.279. The van der Waals surface area contributed by atoms with E-state index in [1.807, 2.05) is 54.6 Å². The van der Waals surface area contributed by atoms with Crippen LogP contribution in [0.3, 0.4) is 0 Å². The average Bonchev–Trinajstić information content (AvgIpc) is 2.82. The fourth-order valence-corrected chi connectivity index (χ4v) is 3.13. The van der Waals surface area contributed by atoms with Gasteiger partial charge in [0, 0.05) is 24.0 Å². The fourth-order valence-electron chi connectivity index (χ4n) is 3.13. The molecule has 0 N–H and O–H groups in total. The van der Waals surface area contributed by atoms with Crippen molar-refractivity contribution in [3.05, 3.63) is 66.2 Å². The number of hydrogen-bond donors (Lipinski definition) is 0. The van der Waals surface area contributed by atoms with Crippen LogP contribution in [-0.4, -0.2) is 41.5 Å². The first-order chi connectivity index (χ1) is 15.1. The number of amides is 1. The van der Waals surface area contributed by atoms with Crippen molar-refractivity contribution in [1.82, 2.24) is 9.88 Å². The highest BCUT2D eigenvalue weighted by Gasteiger charge is 2.19. The maximum Gasteiger partial charge on any atom is 0.339 e. The lowest BCUT2D eigenvalue weighted by Gasteiger charge is -2.20. The van der Waals surface area contributed by atoms with Gasteiger partial charge in [0.25, 0.3) is 5.91 Å². The van der Waals surface area contributed by atoms with E-state index in [1.54, 1.807) is 18.2 Å². The number of nitriles is 2. The number of pyridine rings is 1. The van der Waals surface area contributed by atoms with Gasteiger partial charge in [-0.2, -0.15) is 10.5 Å². The van der Waals surface area contributed by atoms with E-state index in [1.165, 1.54) is 4.90 Å². The number of para-hydroxylation sites is 1. The second-order valence-corrected chi connectivity index (χ2v) is 6.71. The van der Waals surface area contributed by atoms with E-state index in [0.717, 1.165) is 5.56 Å². The fraction of sp³-hybridized carbons (Fsp3) is 0.208. The number of aromatic nitrogens is 1. The molecule has 0 atom stereocenters. The summed E-state index contributed by atoms with van der Waals surface area (Å²) >= 11 is 0. The van der Waals surface area contributed by atoms with E-state index >= 15 is 0 Å². The second-order valence-electron chi connectivity index (χ2n) is 6.71. The molecule has 0 fully saturated rings. The van der Waals surface area contributed by atoms with Crippen LogP contribution in [0.25, 0.3) is 22.2 Å². The molecule has 0 saturated carbocycles. The van der Waals surface area contributed by atoms with Gasteiger partial charge in [-0.3, -0.25) is 4.79 Å². The zero-order valence-electron chi connectivity index (χ0n) is 16.8. The zero-order valence-corrected chi connectivity index (χ0v) is 16.8. The monoisotopic (exact) mass is 412 g/mol. The molecule has 1 aromatic heterocycles. The van der Waals surface area contributed by atoms with Crippen molar-refractivity contribution in [3.8, 4) is 23.4 Å². The lowest BCUT2D eigenvalue weighted by atomic mass is 10.0. The number of benzene rings is 2. The van der Waals surface area contributed by atoms with E-state index in [4.69, 9.17) is 15.3 Å². The number of carbonyl (C=O) groups excluding carboxylic acids is 2. The van der Waals surface area contributed by atoms with Crippen LogP contribution in [0.1, 0.15) is 23.2 Å². The number of esters is 1. The van der Waals surface area contributed by atoms with Crippen molar-refractivity contribution in [3.63, 3.8) is 0 Å². The van der Waals surface area contributed by atoms with Gasteiger partial charge >= 0.3 is 5.97 Å². The third-order valence-corrected chi connectivity index (χ3v) is 4.67. The molecule has 1 amide bonds. The molecule has 0 bridgehead atoms. The second kappa shape index (κ2) is 10.5. The number of hydrogen-bond acceptors (Lipinski definition) is 6. The lowest BCUT2D eigenvalue weighted by molar-refractivity contribution is -0.134.